The average molecular weight is 231 g/mol. The number of rotatable bonds is 1. The van der Waals surface area contributed by atoms with Crippen molar-refractivity contribution >= 4 is 5.69 Å². The van der Waals surface area contributed by atoms with Crippen LogP contribution in [0.4, 0.5) is 5.69 Å². The Morgan fingerprint density at radius 2 is 2.29 bits per heavy atom. The first-order valence-electron chi connectivity index (χ1n) is 5.13. The van der Waals surface area contributed by atoms with Gasteiger partial charge in [-0.15, -0.1) is 0 Å². The maximum absolute atomic E-state index is 10.7. The fraction of sp³-hybridized carbons (Fsp3) is 0.182. The molecule has 2 heterocycles. The van der Waals surface area contributed by atoms with Crippen molar-refractivity contribution in [3.63, 3.8) is 0 Å². The monoisotopic (exact) mass is 231 g/mol. The quantitative estimate of drug-likeness (QED) is 0.554. The molecule has 0 N–H and O–H groups in total. The molecule has 0 amide bonds. The molecule has 2 aromatic rings. The molecular weight excluding hydrogens is 222 g/mol. The molecule has 6 nitrogen and oxygen atoms in total. The maximum Gasteiger partial charge on any atom is 0.269 e. The van der Waals surface area contributed by atoms with Crippen LogP contribution >= 0.6 is 0 Å². The Bertz CT molecular complexity index is 591. The average Bonchev–Trinajstić information content (AvgIpc) is 2.71. The molecule has 0 saturated heterocycles. The van der Waals surface area contributed by atoms with Crippen molar-refractivity contribution < 1.29 is 9.66 Å². The van der Waals surface area contributed by atoms with Gasteiger partial charge >= 0.3 is 0 Å². The molecule has 1 aliphatic rings. The number of nitrogens with zero attached hydrogens (tertiary/aromatic N) is 3. The van der Waals surface area contributed by atoms with Gasteiger partial charge in [-0.25, -0.2) is 4.98 Å². The molecule has 1 aliphatic heterocycles. The van der Waals surface area contributed by atoms with Crippen molar-refractivity contribution in [3.8, 4) is 5.69 Å². The SMILES string of the molecule is O=[N+]([O-])c1ccc2c(c1)COCc1nccn1-2. The fourth-order valence-corrected chi connectivity index (χ4v) is 1.95. The zero-order valence-corrected chi connectivity index (χ0v) is 8.87. The van der Waals surface area contributed by atoms with Gasteiger partial charge in [-0.2, -0.15) is 0 Å². The summed E-state index contributed by atoms with van der Waals surface area (Å²) in [6.07, 6.45) is 3.52. The smallest absolute Gasteiger partial charge is 0.269 e. The first kappa shape index (κ1) is 9.98. The lowest BCUT2D eigenvalue weighted by atomic mass is 10.1. The summed E-state index contributed by atoms with van der Waals surface area (Å²) in [6, 6.07) is 4.77. The second kappa shape index (κ2) is 3.67. The van der Waals surface area contributed by atoms with Gasteiger partial charge in [-0.05, 0) is 6.07 Å². The van der Waals surface area contributed by atoms with Crippen LogP contribution in [0.3, 0.4) is 0 Å². The summed E-state index contributed by atoms with van der Waals surface area (Å²) >= 11 is 0. The predicted octanol–water partition coefficient (Wildman–Crippen LogP) is 1.81. The molecule has 0 atom stereocenters. The van der Waals surface area contributed by atoms with Crippen LogP contribution in [0.2, 0.25) is 0 Å². The third-order valence-electron chi connectivity index (χ3n) is 2.74. The molecule has 0 bridgehead atoms. The molecular formula is C11H9N3O3. The number of hydrogen-bond acceptors (Lipinski definition) is 4. The normalized spacial score (nSPS) is 13.6. The van der Waals surface area contributed by atoms with Crippen molar-refractivity contribution in [2.45, 2.75) is 13.2 Å². The first-order valence-corrected chi connectivity index (χ1v) is 5.13. The number of imidazole rings is 1. The van der Waals surface area contributed by atoms with Crippen LogP contribution in [0.25, 0.3) is 5.69 Å². The Labute approximate surface area is 96.6 Å². The lowest BCUT2D eigenvalue weighted by Crippen LogP contribution is -2.00. The Kier molecular flexibility index (Phi) is 2.15. The van der Waals surface area contributed by atoms with Gasteiger partial charge in [-0.3, -0.25) is 10.1 Å². The van der Waals surface area contributed by atoms with E-state index in [0.717, 1.165) is 17.1 Å². The highest BCUT2D eigenvalue weighted by atomic mass is 16.6. The Morgan fingerprint density at radius 1 is 1.41 bits per heavy atom. The van der Waals surface area contributed by atoms with E-state index in [-0.39, 0.29) is 5.69 Å². The van der Waals surface area contributed by atoms with Gasteiger partial charge in [0.15, 0.2) is 0 Å². The van der Waals surface area contributed by atoms with E-state index in [4.69, 9.17) is 4.74 Å². The van der Waals surface area contributed by atoms with Crippen LogP contribution in [0, 0.1) is 10.1 Å². The molecule has 0 fully saturated rings. The van der Waals surface area contributed by atoms with E-state index in [2.05, 4.69) is 4.98 Å². The van der Waals surface area contributed by atoms with E-state index < -0.39 is 4.92 Å². The Morgan fingerprint density at radius 3 is 3.12 bits per heavy atom. The lowest BCUT2D eigenvalue weighted by Gasteiger charge is -2.07. The van der Waals surface area contributed by atoms with E-state index in [0.29, 0.717) is 13.2 Å². The molecule has 0 spiro atoms. The van der Waals surface area contributed by atoms with Gasteiger partial charge in [0.1, 0.15) is 12.4 Å². The topological polar surface area (TPSA) is 70.2 Å². The largest absolute Gasteiger partial charge is 0.369 e. The van der Waals surface area contributed by atoms with Gasteiger partial charge in [0.25, 0.3) is 5.69 Å². The van der Waals surface area contributed by atoms with Crippen LogP contribution in [-0.2, 0) is 18.0 Å². The summed E-state index contributed by atoms with van der Waals surface area (Å²) in [4.78, 5) is 14.5. The van der Waals surface area contributed by atoms with E-state index in [1.807, 2.05) is 10.8 Å². The Hall–Kier alpha value is -2.21. The number of aromatic nitrogens is 2. The number of benzene rings is 1. The van der Waals surface area contributed by atoms with E-state index in [9.17, 15) is 10.1 Å². The Balaban J connectivity index is 2.18. The lowest BCUT2D eigenvalue weighted by molar-refractivity contribution is -0.384. The van der Waals surface area contributed by atoms with Gasteiger partial charge in [0.05, 0.1) is 17.2 Å². The highest BCUT2D eigenvalue weighted by molar-refractivity contribution is 5.49. The molecule has 3 rings (SSSR count). The molecule has 6 heteroatoms. The molecule has 17 heavy (non-hydrogen) atoms. The number of hydrogen-bond donors (Lipinski definition) is 0. The van der Waals surface area contributed by atoms with E-state index >= 15 is 0 Å². The molecule has 1 aromatic heterocycles. The molecule has 0 saturated carbocycles. The minimum Gasteiger partial charge on any atom is -0.369 e. The van der Waals surface area contributed by atoms with Crippen molar-refractivity contribution in [2.24, 2.45) is 0 Å². The van der Waals surface area contributed by atoms with Crippen molar-refractivity contribution in [3.05, 3.63) is 52.1 Å². The summed E-state index contributed by atoms with van der Waals surface area (Å²) in [5.41, 5.74) is 1.77. The van der Waals surface area contributed by atoms with Gasteiger partial charge < -0.3 is 9.30 Å². The van der Waals surface area contributed by atoms with Gasteiger partial charge in [-0.1, -0.05) is 0 Å². The second-order valence-electron chi connectivity index (χ2n) is 3.78. The highest BCUT2D eigenvalue weighted by Crippen LogP contribution is 2.25. The third kappa shape index (κ3) is 1.58. The second-order valence-corrected chi connectivity index (χ2v) is 3.78. The molecule has 0 unspecified atom stereocenters. The molecule has 0 aliphatic carbocycles. The molecule has 1 aromatic carbocycles. The highest BCUT2D eigenvalue weighted by Gasteiger charge is 2.17. The standard InChI is InChI=1S/C11H9N3O3/c15-14(16)9-1-2-10-8(5-9)6-17-7-11-12-3-4-13(10)11/h1-5H,6-7H2. The molecule has 0 radical (unpaired) electrons. The number of nitro groups is 1. The number of non-ortho nitro benzene ring substituents is 1. The van der Waals surface area contributed by atoms with Crippen LogP contribution in [0.1, 0.15) is 11.4 Å². The van der Waals surface area contributed by atoms with Crippen molar-refractivity contribution in [1.82, 2.24) is 9.55 Å². The summed E-state index contributed by atoms with van der Waals surface area (Å²) in [6.45, 7) is 0.774. The predicted molar refractivity (Wildman–Crippen MR) is 58.7 cm³/mol. The zero-order valence-electron chi connectivity index (χ0n) is 8.87. The van der Waals surface area contributed by atoms with Crippen LogP contribution in [0.5, 0.6) is 0 Å². The van der Waals surface area contributed by atoms with Crippen LogP contribution in [-0.4, -0.2) is 14.5 Å². The number of fused-ring (bicyclic) bond motifs is 3. The summed E-state index contributed by atoms with van der Waals surface area (Å²) in [5, 5.41) is 10.7. The minimum atomic E-state index is -0.403. The summed E-state index contributed by atoms with van der Waals surface area (Å²) in [5.74, 6) is 0.803. The first-order chi connectivity index (χ1) is 8.25. The van der Waals surface area contributed by atoms with Crippen molar-refractivity contribution in [1.29, 1.82) is 0 Å². The molecule has 86 valence electrons. The third-order valence-corrected chi connectivity index (χ3v) is 2.74. The van der Waals surface area contributed by atoms with Gasteiger partial charge in [0, 0.05) is 30.1 Å². The summed E-state index contributed by atoms with van der Waals surface area (Å²) < 4.78 is 7.33. The van der Waals surface area contributed by atoms with Crippen molar-refractivity contribution in [2.75, 3.05) is 0 Å². The van der Waals surface area contributed by atoms with Crippen LogP contribution < -0.4 is 0 Å². The van der Waals surface area contributed by atoms with Crippen LogP contribution in [0.15, 0.2) is 30.6 Å². The van der Waals surface area contributed by atoms with E-state index in [1.54, 1.807) is 18.3 Å². The number of ether oxygens (including phenoxy) is 1. The zero-order chi connectivity index (χ0) is 11.8. The minimum absolute atomic E-state index is 0.0796. The van der Waals surface area contributed by atoms with Gasteiger partial charge in [0.2, 0.25) is 0 Å². The van der Waals surface area contributed by atoms with E-state index in [1.165, 1.54) is 6.07 Å². The summed E-state index contributed by atoms with van der Waals surface area (Å²) in [7, 11) is 0. The fourth-order valence-electron chi connectivity index (χ4n) is 1.95. The maximum atomic E-state index is 10.7. The number of nitro benzene ring substituents is 1.